The number of hydrogen-bond donors (Lipinski definition) is 1. The Balaban J connectivity index is 2.04. The van der Waals surface area contributed by atoms with Gasteiger partial charge < -0.3 is 9.73 Å². The first-order chi connectivity index (χ1) is 7.79. The number of hydrogen-bond acceptors (Lipinski definition) is 4. The van der Waals surface area contributed by atoms with E-state index in [2.05, 4.69) is 10.3 Å². The van der Waals surface area contributed by atoms with E-state index in [-0.39, 0.29) is 12.3 Å². The molecule has 0 saturated carbocycles. The summed E-state index contributed by atoms with van der Waals surface area (Å²) in [7, 11) is 0. The van der Waals surface area contributed by atoms with E-state index < -0.39 is 0 Å². The van der Waals surface area contributed by atoms with Gasteiger partial charge in [0.15, 0.2) is 12.0 Å². The maximum Gasteiger partial charge on any atom is 0.234 e. The number of aromatic nitrogens is 1. The van der Waals surface area contributed by atoms with Crippen LogP contribution in [0.25, 0.3) is 11.1 Å². The molecule has 0 aliphatic heterocycles. The zero-order chi connectivity index (χ0) is 11.4. The molecular weight excluding hydrogens is 206 g/mol. The van der Waals surface area contributed by atoms with Crippen LogP contribution in [0, 0.1) is 11.3 Å². The number of carbonyl (C=O) groups is 1. The smallest absolute Gasteiger partial charge is 0.234 e. The zero-order valence-corrected chi connectivity index (χ0v) is 8.43. The van der Waals surface area contributed by atoms with Crippen molar-refractivity contribution in [2.45, 2.75) is 13.0 Å². The second-order valence-electron chi connectivity index (χ2n) is 3.27. The van der Waals surface area contributed by atoms with Crippen molar-refractivity contribution in [2.24, 2.45) is 0 Å². The van der Waals surface area contributed by atoms with Crippen molar-refractivity contribution in [1.82, 2.24) is 10.3 Å². The van der Waals surface area contributed by atoms with E-state index in [4.69, 9.17) is 9.68 Å². The average Bonchev–Trinajstić information content (AvgIpc) is 2.74. The lowest BCUT2D eigenvalue weighted by molar-refractivity contribution is -0.120. The molecular formula is C11H9N3O2. The summed E-state index contributed by atoms with van der Waals surface area (Å²) in [5, 5.41) is 10.9. The van der Waals surface area contributed by atoms with Crippen LogP contribution in [0.15, 0.2) is 29.0 Å². The molecule has 0 spiro atoms. The molecule has 16 heavy (non-hydrogen) atoms. The molecule has 0 aliphatic rings. The Morgan fingerprint density at radius 1 is 1.56 bits per heavy atom. The molecule has 1 aromatic heterocycles. The maximum atomic E-state index is 11.1. The minimum atomic E-state index is -0.278. The number of benzene rings is 1. The van der Waals surface area contributed by atoms with E-state index in [1.807, 2.05) is 18.2 Å². The highest BCUT2D eigenvalue weighted by Gasteiger charge is 2.02. The minimum Gasteiger partial charge on any atom is -0.443 e. The van der Waals surface area contributed by atoms with Crippen LogP contribution >= 0.6 is 0 Å². The molecule has 1 aromatic carbocycles. The molecule has 0 bridgehead atoms. The second-order valence-corrected chi connectivity index (χ2v) is 3.27. The van der Waals surface area contributed by atoms with Crippen LogP contribution in [0.5, 0.6) is 0 Å². The van der Waals surface area contributed by atoms with Gasteiger partial charge in [-0.1, -0.05) is 6.07 Å². The molecule has 0 aliphatic carbocycles. The molecule has 0 radical (unpaired) electrons. The molecule has 2 rings (SSSR count). The highest BCUT2D eigenvalue weighted by atomic mass is 16.3. The quantitative estimate of drug-likeness (QED) is 0.838. The van der Waals surface area contributed by atoms with Crippen LogP contribution < -0.4 is 5.32 Å². The van der Waals surface area contributed by atoms with E-state index in [1.54, 1.807) is 6.07 Å². The van der Waals surface area contributed by atoms with Crippen LogP contribution in [0.2, 0.25) is 0 Å². The second kappa shape index (κ2) is 4.45. The van der Waals surface area contributed by atoms with Crippen LogP contribution in [0.3, 0.4) is 0 Å². The molecule has 1 N–H and O–H groups in total. The Morgan fingerprint density at radius 2 is 2.44 bits per heavy atom. The third-order valence-electron chi connectivity index (χ3n) is 2.12. The van der Waals surface area contributed by atoms with Gasteiger partial charge in [0.1, 0.15) is 11.9 Å². The van der Waals surface area contributed by atoms with Crippen molar-refractivity contribution in [3.63, 3.8) is 0 Å². The largest absolute Gasteiger partial charge is 0.443 e. The van der Waals surface area contributed by atoms with Gasteiger partial charge in [-0.15, -0.1) is 0 Å². The van der Waals surface area contributed by atoms with Crippen molar-refractivity contribution in [3.05, 3.63) is 30.2 Å². The van der Waals surface area contributed by atoms with Crippen LogP contribution in [-0.2, 0) is 11.3 Å². The highest BCUT2D eigenvalue weighted by Crippen LogP contribution is 2.13. The molecule has 5 heteroatoms. The Bertz CT molecular complexity index is 554. The number of nitrogens with one attached hydrogen (secondary N) is 1. The summed E-state index contributed by atoms with van der Waals surface area (Å²) in [5.41, 5.74) is 2.38. The molecule has 0 atom stereocenters. The first-order valence-corrected chi connectivity index (χ1v) is 4.75. The molecule has 0 unspecified atom stereocenters. The van der Waals surface area contributed by atoms with Crippen LogP contribution in [0.1, 0.15) is 12.0 Å². The summed E-state index contributed by atoms with van der Waals surface area (Å²) in [6.45, 7) is 0.386. The number of nitriles is 1. The molecule has 1 heterocycles. The summed E-state index contributed by atoms with van der Waals surface area (Å²) in [6.07, 6.45) is 1.26. The normalized spacial score (nSPS) is 9.94. The minimum absolute atomic E-state index is 0.120. The SMILES string of the molecule is N#CCC(=O)NCc1ccc2ncoc2c1. The van der Waals surface area contributed by atoms with Gasteiger partial charge in [-0.05, 0) is 17.7 Å². The molecule has 0 fully saturated rings. The fourth-order valence-corrected chi connectivity index (χ4v) is 1.34. The summed E-state index contributed by atoms with van der Waals surface area (Å²) in [5.74, 6) is -0.278. The molecule has 1 amide bonds. The van der Waals surface area contributed by atoms with Gasteiger partial charge >= 0.3 is 0 Å². The van der Waals surface area contributed by atoms with Gasteiger partial charge in [0, 0.05) is 6.54 Å². The fourth-order valence-electron chi connectivity index (χ4n) is 1.34. The highest BCUT2D eigenvalue weighted by molar-refractivity contribution is 5.78. The number of nitrogens with zero attached hydrogens (tertiary/aromatic N) is 2. The summed E-state index contributed by atoms with van der Waals surface area (Å²) in [6, 6.07) is 7.29. The van der Waals surface area contributed by atoms with E-state index in [1.165, 1.54) is 6.39 Å². The lowest BCUT2D eigenvalue weighted by Gasteiger charge is -2.02. The Hall–Kier alpha value is -2.35. The van der Waals surface area contributed by atoms with Gasteiger partial charge in [0.2, 0.25) is 5.91 Å². The zero-order valence-electron chi connectivity index (χ0n) is 8.43. The van der Waals surface area contributed by atoms with Gasteiger partial charge in [-0.2, -0.15) is 5.26 Å². The number of rotatable bonds is 3. The van der Waals surface area contributed by atoms with Gasteiger partial charge in [-0.3, -0.25) is 4.79 Å². The number of fused-ring (bicyclic) bond motifs is 1. The fraction of sp³-hybridized carbons (Fsp3) is 0.182. The van der Waals surface area contributed by atoms with Crippen molar-refractivity contribution >= 4 is 17.0 Å². The van der Waals surface area contributed by atoms with E-state index in [0.29, 0.717) is 12.1 Å². The lowest BCUT2D eigenvalue weighted by atomic mass is 10.2. The maximum absolute atomic E-state index is 11.1. The van der Waals surface area contributed by atoms with E-state index in [0.717, 1.165) is 11.1 Å². The molecule has 0 saturated heterocycles. The predicted octanol–water partition coefficient (Wildman–Crippen LogP) is 1.36. The van der Waals surface area contributed by atoms with Crippen LogP contribution in [-0.4, -0.2) is 10.9 Å². The Labute approximate surface area is 91.7 Å². The Morgan fingerprint density at radius 3 is 3.25 bits per heavy atom. The lowest BCUT2D eigenvalue weighted by Crippen LogP contribution is -2.21. The van der Waals surface area contributed by atoms with E-state index >= 15 is 0 Å². The van der Waals surface area contributed by atoms with Gasteiger partial charge in [-0.25, -0.2) is 4.98 Å². The van der Waals surface area contributed by atoms with Crippen molar-refractivity contribution in [2.75, 3.05) is 0 Å². The molecule has 5 nitrogen and oxygen atoms in total. The number of oxazole rings is 1. The van der Waals surface area contributed by atoms with Gasteiger partial charge in [0.25, 0.3) is 0 Å². The van der Waals surface area contributed by atoms with E-state index in [9.17, 15) is 4.79 Å². The predicted molar refractivity (Wildman–Crippen MR) is 56.1 cm³/mol. The number of carbonyl (C=O) groups excluding carboxylic acids is 1. The summed E-state index contributed by atoms with van der Waals surface area (Å²) in [4.78, 5) is 15.0. The van der Waals surface area contributed by atoms with Crippen LogP contribution in [0.4, 0.5) is 0 Å². The van der Waals surface area contributed by atoms with Crippen molar-refractivity contribution in [3.8, 4) is 6.07 Å². The first-order valence-electron chi connectivity index (χ1n) is 4.75. The average molecular weight is 215 g/mol. The molecule has 2 aromatic rings. The third-order valence-corrected chi connectivity index (χ3v) is 2.12. The first kappa shape index (κ1) is 10.2. The Kier molecular flexibility index (Phi) is 2.83. The molecule has 80 valence electrons. The number of amides is 1. The van der Waals surface area contributed by atoms with Crippen molar-refractivity contribution in [1.29, 1.82) is 5.26 Å². The summed E-state index contributed by atoms with van der Waals surface area (Å²) < 4.78 is 5.14. The third kappa shape index (κ3) is 2.17. The van der Waals surface area contributed by atoms with Crippen molar-refractivity contribution < 1.29 is 9.21 Å². The standard InChI is InChI=1S/C11H9N3O2/c12-4-3-11(15)13-6-8-1-2-9-10(5-8)16-7-14-9/h1-2,5,7H,3,6H2,(H,13,15). The topological polar surface area (TPSA) is 78.9 Å². The summed E-state index contributed by atoms with van der Waals surface area (Å²) >= 11 is 0. The monoisotopic (exact) mass is 215 g/mol. The van der Waals surface area contributed by atoms with Gasteiger partial charge in [0.05, 0.1) is 6.07 Å².